The highest BCUT2D eigenvalue weighted by molar-refractivity contribution is 7.80. The highest BCUT2D eigenvalue weighted by atomic mass is 32.1. The monoisotopic (exact) mass is 489 g/mol. The zero-order chi connectivity index (χ0) is 24.6. The number of hydrogen-bond acceptors (Lipinski definition) is 5. The summed E-state index contributed by atoms with van der Waals surface area (Å²) in [5.74, 6) is -9.88. The molecule has 1 heterocycles. The number of amides is 1. The van der Waals surface area contributed by atoms with Gasteiger partial charge in [-0.3, -0.25) is 10.1 Å². The van der Waals surface area contributed by atoms with Gasteiger partial charge in [0.05, 0.1) is 7.11 Å². The van der Waals surface area contributed by atoms with Crippen LogP contribution >= 0.6 is 12.2 Å². The van der Waals surface area contributed by atoms with Crippen LogP contribution in [0.3, 0.4) is 0 Å². The van der Waals surface area contributed by atoms with Crippen molar-refractivity contribution in [3.8, 4) is 17.2 Å². The second-order valence-electron chi connectivity index (χ2n) is 7.14. The van der Waals surface area contributed by atoms with E-state index < -0.39 is 40.5 Å². The summed E-state index contributed by atoms with van der Waals surface area (Å²) in [6, 6.07) is 12.3. The molecule has 4 aromatic rings. The summed E-state index contributed by atoms with van der Waals surface area (Å²) in [6.07, 6.45) is 0. The van der Waals surface area contributed by atoms with Crippen LogP contribution in [0.4, 0.5) is 23.2 Å². The summed E-state index contributed by atoms with van der Waals surface area (Å²) in [7, 11) is 0.828. The number of ether oxygens (including phenoxy) is 1. The highest BCUT2D eigenvalue weighted by Gasteiger charge is 2.30. The largest absolute Gasteiger partial charge is 0.491 e. The summed E-state index contributed by atoms with van der Waals surface area (Å²) in [5.41, 5.74) is 1.73. The number of methoxy groups -OCH3 is 1. The van der Waals surface area contributed by atoms with Gasteiger partial charge in [0.1, 0.15) is 11.1 Å². The van der Waals surface area contributed by atoms with Crippen LogP contribution in [-0.2, 0) is 0 Å². The van der Waals surface area contributed by atoms with Gasteiger partial charge in [-0.25, -0.2) is 13.8 Å². The lowest BCUT2D eigenvalue weighted by Crippen LogP contribution is -2.35. The molecule has 0 bridgehead atoms. The molecule has 0 aliphatic rings. The predicted octanol–water partition coefficient (Wildman–Crippen LogP) is 5.50. The summed E-state index contributed by atoms with van der Waals surface area (Å²) in [4.78, 5) is 16.7. The number of anilines is 1. The number of carbonyl (C=O) groups excluding carboxylic acids is 1. The van der Waals surface area contributed by atoms with Crippen molar-refractivity contribution in [2.75, 3.05) is 12.4 Å². The Hall–Kier alpha value is -3.99. The minimum atomic E-state index is -1.91. The Labute approximate surface area is 195 Å². The maximum atomic E-state index is 14.2. The van der Waals surface area contributed by atoms with Gasteiger partial charge < -0.3 is 14.5 Å². The molecule has 0 saturated heterocycles. The molecule has 2 N–H and O–H groups in total. The quantitative estimate of drug-likeness (QED) is 0.224. The maximum absolute atomic E-state index is 14.2. The van der Waals surface area contributed by atoms with E-state index in [9.17, 15) is 22.4 Å². The van der Waals surface area contributed by atoms with Crippen molar-refractivity contribution < 1.29 is 31.5 Å². The number of aryl methyl sites for hydroxylation is 1. The summed E-state index contributed by atoms with van der Waals surface area (Å²) in [6.45, 7) is 1.96. The molecule has 1 amide bonds. The molecule has 6 nitrogen and oxygen atoms in total. The predicted molar refractivity (Wildman–Crippen MR) is 121 cm³/mol. The van der Waals surface area contributed by atoms with E-state index in [0.717, 1.165) is 18.2 Å². The number of fused-ring (bicyclic) bond motifs is 1. The van der Waals surface area contributed by atoms with E-state index in [1.807, 2.05) is 36.5 Å². The molecule has 0 saturated carbocycles. The summed E-state index contributed by atoms with van der Waals surface area (Å²) >= 11 is 4.99. The Morgan fingerprint density at radius 1 is 1.00 bits per heavy atom. The van der Waals surface area contributed by atoms with Gasteiger partial charge in [0.25, 0.3) is 5.91 Å². The number of carbonyl (C=O) groups is 1. The van der Waals surface area contributed by atoms with E-state index in [4.69, 9.17) is 16.6 Å². The fourth-order valence-corrected chi connectivity index (χ4v) is 3.35. The molecule has 0 spiro atoms. The molecule has 11 heteroatoms. The lowest BCUT2D eigenvalue weighted by Gasteiger charge is -2.12. The molecule has 0 fully saturated rings. The third-order valence-electron chi connectivity index (χ3n) is 4.83. The maximum Gasteiger partial charge on any atom is 0.263 e. The molecule has 1 aromatic heterocycles. The van der Waals surface area contributed by atoms with E-state index >= 15 is 0 Å². The highest BCUT2D eigenvalue weighted by Crippen LogP contribution is 2.30. The number of benzene rings is 3. The first-order valence-electron chi connectivity index (χ1n) is 9.69. The Bertz CT molecular complexity index is 1410. The average Bonchev–Trinajstić information content (AvgIpc) is 3.22. The number of aromatic nitrogens is 1. The fraction of sp³-hybridized carbons (Fsp3) is 0.0870. The van der Waals surface area contributed by atoms with Crippen LogP contribution in [-0.4, -0.2) is 23.1 Å². The van der Waals surface area contributed by atoms with Gasteiger partial charge >= 0.3 is 0 Å². The van der Waals surface area contributed by atoms with Crippen molar-refractivity contribution in [3.05, 3.63) is 76.9 Å². The second-order valence-corrected chi connectivity index (χ2v) is 7.55. The van der Waals surface area contributed by atoms with Crippen LogP contribution in [0.1, 0.15) is 15.9 Å². The Morgan fingerprint density at radius 2 is 1.65 bits per heavy atom. The Balaban J connectivity index is 1.52. The second kappa shape index (κ2) is 9.10. The van der Waals surface area contributed by atoms with Gasteiger partial charge in [-0.05, 0) is 49.5 Å². The van der Waals surface area contributed by atoms with Crippen LogP contribution in [0.2, 0.25) is 0 Å². The molecule has 0 radical (unpaired) electrons. The molecule has 0 unspecified atom stereocenters. The van der Waals surface area contributed by atoms with Gasteiger partial charge in [-0.15, -0.1) is 0 Å². The van der Waals surface area contributed by atoms with Gasteiger partial charge in [0, 0.05) is 11.3 Å². The number of thiocarbonyl (C=S) groups is 1. The van der Waals surface area contributed by atoms with E-state index in [1.54, 1.807) is 18.2 Å². The van der Waals surface area contributed by atoms with Gasteiger partial charge in [0.15, 0.2) is 28.1 Å². The average molecular weight is 489 g/mol. The van der Waals surface area contributed by atoms with Gasteiger partial charge in [-0.1, -0.05) is 17.7 Å². The molecule has 0 atom stereocenters. The number of oxazole rings is 1. The molecular formula is C23H15F4N3O3S. The number of halogens is 4. The minimum absolute atomic E-state index is 0.370. The smallest absolute Gasteiger partial charge is 0.263 e. The first kappa shape index (κ1) is 23.2. The van der Waals surface area contributed by atoms with E-state index in [-0.39, 0.29) is 5.11 Å². The van der Waals surface area contributed by atoms with Crippen molar-refractivity contribution in [3.63, 3.8) is 0 Å². The molecule has 3 aromatic carbocycles. The van der Waals surface area contributed by atoms with Crippen molar-refractivity contribution in [2.45, 2.75) is 6.92 Å². The van der Waals surface area contributed by atoms with E-state index in [2.05, 4.69) is 15.0 Å². The van der Waals surface area contributed by atoms with Gasteiger partial charge in [-0.2, -0.15) is 8.78 Å². The molecule has 174 valence electrons. The molecule has 0 aliphatic carbocycles. The normalized spacial score (nSPS) is 10.9. The Morgan fingerprint density at radius 3 is 2.26 bits per heavy atom. The molecule has 4 rings (SSSR count). The van der Waals surface area contributed by atoms with Crippen LogP contribution in [0.25, 0.3) is 22.6 Å². The number of nitrogens with one attached hydrogen (secondary N) is 2. The number of rotatable bonds is 4. The van der Waals surface area contributed by atoms with Gasteiger partial charge in [0.2, 0.25) is 17.5 Å². The summed E-state index contributed by atoms with van der Waals surface area (Å²) < 4.78 is 66.1. The van der Waals surface area contributed by atoms with Crippen LogP contribution < -0.4 is 15.4 Å². The zero-order valence-electron chi connectivity index (χ0n) is 17.6. The standard InChI is InChI=1S/C23H15F4N3O3S/c1-10-3-5-11(6-4-10)22-29-13-9-12(7-8-14(13)33-22)28-23(34)30-21(31)15-16(24)18(26)20(32-2)19(27)17(15)25/h3-9H,1-2H3,(H2,28,30,31,34). The van der Waals surface area contributed by atoms with Crippen molar-refractivity contribution in [1.29, 1.82) is 0 Å². The van der Waals surface area contributed by atoms with Crippen molar-refractivity contribution >= 4 is 40.0 Å². The van der Waals surface area contributed by atoms with E-state index in [0.29, 0.717) is 22.7 Å². The van der Waals surface area contributed by atoms with Crippen LogP contribution in [0.5, 0.6) is 5.75 Å². The van der Waals surface area contributed by atoms with Crippen LogP contribution in [0, 0.1) is 30.2 Å². The van der Waals surface area contributed by atoms with Crippen LogP contribution in [0.15, 0.2) is 46.9 Å². The van der Waals surface area contributed by atoms with Crippen molar-refractivity contribution in [2.24, 2.45) is 0 Å². The number of nitrogens with zero attached hydrogens (tertiary/aromatic N) is 1. The Kier molecular flexibility index (Phi) is 6.20. The zero-order valence-corrected chi connectivity index (χ0v) is 18.5. The topological polar surface area (TPSA) is 76.4 Å². The fourth-order valence-electron chi connectivity index (χ4n) is 3.14. The SMILES string of the molecule is COc1c(F)c(F)c(C(=O)NC(=S)Nc2ccc3oc(-c4ccc(C)cc4)nc3c2)c(F)c1F. The number of hydrogen-bond donors (Lipinski definition) is 2. The van der Waals surface area contributed by atoms with Crippen molar-refractivity contribution in [1.82, 2.24) is 10.3 Å². The first-order valence-corrected chi connectivity index (χ1v) is 10.1. The summed E-state index contributed by atoms with van der Waals surface area (Å²) in [5, 5.41) is 4.26. The molecule has 34 heavy (non-hydrogen) atoms. The van der Waals surface area contributed by atoms with E-state index in [1.165, 1.54) is 0 Å². The molecular weight excluding hydrogens is 474 g/mol. The lowest BCUT2D eigenvalue weighted by atomic mass is 10.1. The first-order chi connectivity index (χ1) is 16.2. The lowest BCUT2D eigenvalue weighted by molar-refractivity contribution is 0.0966. The molecule has 0 aliphatic heterocycles. The minimum Gasteiger partial charge on any atom is -0.491 e. The third-order valence-corrected chi connectivity index (χ3v) is 5.03. The third kappa shape index (κ3) is 4.29.